The van der Waals surface area contributed by atoms with E-state index in [4.69, 9.17) is 0 Å². The van der Waals surface area contributed by atoms with Gasteiger partial charge in [0.25, 0.3) is 0 Å². The van der Waals surface area contributed by atoms with E-state index in [1.54, 1.807) is 0 Å². The van der Waals surface area contributed by atoms with Gasteiger partial charge in [-0.05, 0) is 38.4 Å². The molecule has 0 aromatic heterocycles. The lowest BCUT2D eigenvalue weighted by Gasteiger charge is -2.34. The molecule has 7 heteroatoms. The van der Waals surface area contributed by atoms with Gasteiger partial charge in [-0.3, -0.25) is 9.59 Å². The number of nitrogens with zero attached hydrogens (tertiary/aromatic N) is 4. The van der Waals surface area contributed by atoms with Crippen LogP contribution in [0, 0.1) is 6.92 Å². The summed E-state index contributed by atoms with van der Waals surface area (Å²) in [7, 11) is 0. The Morgan fingerprint density at radius 1 is 1.03 bits per heavy atom. The van der Waals surface area contributed by atoms with Crippen LogP contribution in [0.2, 0.25) is 0 Å². The van der Waals surface area contributed by atoms with Crippen LogP contribution >= 0.6 is 0 Å². The predicted octanol–water partition coefficient (Wildman–Crippen LogP) is 1.86. The maximum Gasteiger partial charge on any atom is 0.243 e. The topological polar surface area (TPSA) is 68.2 Å². The van der Waals surface area contributed by atoms with Gasteiger partial charge in [-0.2, -0.15) is 5.10 Å². The van der Waals surface area contributed by atoms with Crippen LogP contribution in [0.4, 0.5) is 0 Å². The molecule has 30 heavy (non-hydrogen) atoms. The zero-order valence-corrected chi connectivity index (χ0v) is 18.4. The van der Waals surface area contributed by atoms with Gasteiger partial charge in [0, 0.05) is 45.6 Å². The molecule has 2 heterocycles. The number of aryl methyl sites for hydroxylation is 1. The second kappa shape index (κ2) is 11.2. The first-order chi connectivity index (χ1) is 14.5. The number of rotatable bonds is 9. The summed E-state index contributed by atoms with van der Waals surface area (Å²) < 4.78 is 0. The van der Waals surface area contributed by atoms with E-state index in [1.807, 2.05) is 31.2 Å². The Morgan fingerprint density at radius 2 is 1.70 bits per heavy atom. The maximum absolute atomic E-state index is 12.3. The molecule has 3 rings (SSSR count). The predicted molar refractivity (Wildman–Crippen MR) is 119 cm³/mol. The van der Waals surface area contributed by atoms with E-state index in [0.29, 0.717) is 19.4 Å². The fraction of sp³-hybridized carbons (Fsp3) is 0.609. The molecule has 0 aliphatic carbocycles. The lowest BCUT2D eigenvalue weighted by Crippen LogP contribution is -2.47. The van der Waals surface area contributed by atoms with Gasteiger partial charge in [0.1, 0.15) is 6.54 Å². The summed E-state index contributed by atoms with van der Waals surface area (Å²) in [5.74, 6) is -0.240. The molecule has 0 spiro atoms. The summed E-state index contributed by atoms with van der Waals surface area (Å²) in [4.78, 5) is 29.5. The molecule has 0 bridgehead atoms. The highest BCUT2D eigenvalue weighted by Crippen LogP contribution is 2.15. The van der Waals surface area contributed by atoms with E-state index >= 15 is 0 Å². The highest BCUT2D eigenvalue weighted by molar-refractivity contribution is 6.04. The van der Waals surface area contributed by atoms with Crippen molar-refractivity contribution in [1.29, 1.82) is 0 Å². The summed E-state index contributed by atoms with van der Waals surface area (Å²) in [5, 5.41) is 8.72. The summed E-state index contributed by atoms with van der Waals surface area (Å²) in [6, 6.07) is 8.11. The van der Waals surface area contributed by atoms with Gasteiger partial charge in [-0.25, -0.2) is 5.01 Å². The second-order valence-corrected chi connectivity index (χ2v) is 8.25. The SMILES string of the molecule is CCCN1CCN(CCCNC(=O)CN2N=C(c3ccc(C)cc3)CCC2=O)CC1. The van der Waals surface area contributed by atoms with Crippen LogP contribution in [0.1, 0.15) is 43.7 Å². The average Bonchev–Trinajstić information content (AvgIpc) is 2.75. The minimum atomic E-state index is -0.148. The molecule has 0 atom stereocenters. The van der Waals surface area contributed by atoms with E-state index in [-0.39, 0.29) is 18.4 Å². The van der Waals surface area contributed by atoms with Gasteiger partial charge in [-0.1, -0.05) is 36.8 Å². The Morgan fingerprint density at radius 3 is 2.37 bits per heavy atom. The van der Waals surface area contributed by atoms with Crippen molar-refractivity contribution >= 4 is 17.5 Å². The van der Waals surface area contributed by atoms with Crippen LogP contribution in [-0.4, -0.2) is 84.7 Å². The lowest BCUT2D eigenvalue weighted by atomic mass is 10.0. The van der Waals surface area contributed by atoms with Crippen molar-refractivity contribution in [3.63, 3.8) is 0 Å². The van der Waals surface area contributed by atoms with Gasteiger partial charge in [0.05, 0.1) is 5.71 Å². The molecule has 164 valence electrons. The molecule has 2 amide bonds. The smallest absolute Gasteiger partial charge is 0.243 e. The molecule has 1 aromatic rings. The minimum absolute atomic E-state index is 0.0100. The van der Waals surface area contributed by atoms with Crippen molar-refractivity contribution < 1.29 is 9.59 Å². The molecule has 1 saturated heterocycles. The fourth-order valence-electron chi connectivity index (χ4n) is 3.95. The molecular weight excluding hydrogens is 378 g/mol. The van der Waals surface area contributed by atoms with E-state index in [1.165, 1.54) is 23.5 Å². The van der Waals surface area contributed by atoms with Crippen molar-refractivity contribution in [3.05, 3.63) is 35.4 Å². The van der Waals surface area contributed by atoms with Crippen molar-refractivity contribution in [2.45, 2.75) is 39.5 Å². The van der Waals surface area contributed by atoms with Crippen LogP contribution in [0.15, 0.2) is 29.4 Å². The van der Waals surface area contributed by atoms with E-state index in [0.717, 1.165) is 50.4 Å². The zero-order valence-electron chi connectivity index (χ0n) is 18.4. The third-order valence-corrected chi connectivity index (χ3v) is 5.76. The Hall–Kier alpha value is -2.25. The average molecular weight is 414 g/mol. The van der Waals surface area contributed by atoms with Crippen LogP contribution in [-0.2, 0) is 9.59 Å². The molecule has 1 fully saturated rings. The number of carbonyl (C=O) groups excluding carboxylic acids is 2. The van der Waals surface area contributed by atoms with Crippen molar-refractivity contribution in [2.75, 3.05) is 52.4 Å². The molecule has 0 unspecified atom stereocenters. The van der Waals surface area contributed by atoms with E-state index < -0.39 is 0 Å². The van der Waals surface area contributed by atoms with Crippen molar-refractivity contribution in [2.24, 2.45) is 5.10 Å². The highest BCUT2D eigenvalue weighted by Gasteiger charge is 2.23. The first-order valence-electron chi connectivity index (χ1n) is 11.2. The third-order valence-electron chi connectivity index (χ3n) is 5.76. The molecule has 1 aromatic carbocycles. The fourth-order valence-corrected chi connectivity index (χ4v) is 3.95. The van der Waals surface area contributed by atoms with Gasteiger partial charge >= 0.3 is 0 Å². The first kappa shape index (κ1) is 22.4. The van der Waals surface area contributed by atoms with Crippen LogP contribution in [0.25, 0.3) is 0 Å². The zero-order chi connectivity index (χ0) is 21.3. The molecule has 0 radical (unpaired) electrons. The van der Waals surface area contributed by atoms with Crippen molar-refractivity contribution in [1.82, 2.24) is 20.1 Å². The number of carbonyl (C=O) groups is 2. The standard InChI is InChI=1S/C23H35N5O2/c1-3-12-26-14-16-27(17-15-26)13-4-11-24-22(29)18-28-23(30)10-9-21(25-28)20-7-5-19(2)6-8-20/h5-8H,3-4,9-18H2,1-2H3,(H,24,29). The van der Waals surface area contributed by atoms with Crippen LogP contribution in [0.5, 0.6) is 0 Å². The Bertz CT molecular complexity index is 738. The quantitative estimate of drug-likeness (QED) is 0.628. The van der Waals surface area contributed by atoms with E-state index in [2.05, 4.69) is 27.1 Å². The molecule has 7 nitrogen and oxygen atoms in total. The summed E-state index contributed by atoms with van der Waals surface area (Å²) >= 11 is 0. The lowest BCUT2D eigenvalue weighted by molar-refractivity contribution is -0.136. The monoisotopic (exact) mass is 413 g/mol. The molecule has 2 aliphatic rings. The number of hydrogen-bond donors (Lipinski definition) is 1. The van der Waals surface area contributed by atoms with Gasteiger partial charge in [-0.15, -0.1) is 0 Å². The summed E-state index contributed by atoms with van der Waals surface area (Å²) in [6.45, 7) is 11.6. The molecule has 1 N–H and O–H groups in total. The third kappa shape index (κ3) is 6.64. The molecular formula is C23H35N5O2. The number of hydrazone groups is 1. The number of piperazine rings is 1. The van der Waals surface area contributed by atoms with Gasteiger partial charge in [0.15, 0.2) is 0 Å². The summed E-state index contributed by atoms with van der Waals surface area (Å²) in [5.41, 5.74) is 3.06. The largest absolute Gasteiger partial charge is 0.354 e. The van der Waals surface area contributed by atoms with Gasteiger partial charge < -0.3 is 15.1 Å². The first-order valence-corrected chi connectivity index (χ1v) is 11.2. The maximum atomic E-state index is 12.3. The van der Waals surface area contributed by atoms with Crippen LogP contribution in [0.3, 0.4) is 0 Å². The number of benzene rings is 1. The number of nitrogens with one attached hydrogen (secondary N) is 1. The Balaban J connectivity index is 1.39. The Labute approximate surface area is 180 Å². The molecule has 2 aliphatic heterocycles. The van der Waals surface area contributed by atoms with Crippen molar-refractivity contribution in [3.8, 4) is 0 Å². The number of hydrogen-bond acceptors (Lipinski definition) is 5. The van der Waals surface area contributed by atoms with Gasteiger partial charge in [0.2, 0.25) is 11.8 Å². The summed E-state index contributed by atoms with van der Waals surface area (Å²) in [6.07, 6.45) is 3.14. The second-order valence-electron chi connectivity index (χ2n) is 8.25. The minimum Gasteiger partial charge on any atom is -0.354 e. The molecule has 0 saturated carbocycles. The Kier molecular flexibility index (Phi) is 8.39. The van der Waals surface area contributed by atoms with Crippen LogP contribution < -0.4 is 5.32 Å². The normalized spacial score (nSPS) is 18.4. The number of amides is 2. The highest BCUT2D eigenvalue weighted by atomic mass is 16.2. The van der Waals surface area contributed by atoms with E-state index in [9.17, 15) is 9.59 Å².